The van der Waals surface area contributed by atoms with E-state index in [0.29, 0.717) is 0 Å². The summed E-state index contributed by atoms with van der Waals surface area (Å²) in [6.07, 6.45) is 4.41. The largest absolute Gasteiger partial charge is 0.468 e. The minimum Gasteiger partial charge on any atom is -0.468 e. The van der Waals surface area contributed by atoms with Gasteiger partial charge in [-0.15, -0.1) is 11.3 Å². The van der Waals surface area contributed by atoms with E-state index >= 15 is 0 Å². The summed E-state index contributed by atoms with van der Waals surface area (Å²) in [7, 11) is 0. The van der Waals surface area contributed by atoms with Gasteiger partial charge >= 0.3 is 0 Å². The van der Waals surface area contributed by atoms with Gasteiger partial charge in [-0.1, -0.05) is 0 Å². The second-order valence-electron chi connectivity index (χ2n) is 4.42. The van der Waals surface area contributed by atoms with Crippen LogP contribution in [-0.2, 0) is 13.1 Å². The molecule has 1 fully saturated rings. The quantitative estimate of drug-likeness (QED) is 0.820. The van der Waals surface area contributed by atoms with Crippen LogP contribution in [0.1, 0.15) is 23.5 Å². The summed E-state index contributed by atoms with van der Waals surface area (Å²) in [5.41, 5.74) is 0. The van der Waals surface area contributed by atoms with Crippen molar-refractivity contribution in [3.05, 3.63) is 45.0 Å². The van der Waals surface area contributed by atoms with Crippen molar-refractivity contribution in [2.75, 3.05) is 0 Å². The third-order valence-corrected chi connectivity index (χ3v) is 4.60. The summed E-state index contributed by atoms with van der Waals surface area (Å²) < 4.78 is 6.65. The van der Waals surface area contributed by atoms with E-state index in [9.17, 15) is 0 Å². The number of halogens is 1. The zero-order valence-corrected chi connectivity index (χ0v) is 11.8. The molecule has 0 amide bonds. The summed E-state index contributed by atoms with van der Waals surface area (Å²) in [5, 5.41) is 0. The highest BCUT2D eigenvalue weighted by atomic mass is 79.9. The van der Waals surface area contributed by atoms with Gasteiger partial charge in [-0.3, -0.25) is 4.90 Å². The van der Waals surface area contributed by atoms with Crippen LogP contribution in [0, 0.1) is 0 Å². The Kier molecular flexibility index (Phi) is 3.36. The highest BCUT2D eigenvalue weighted by Gasteiger charge is 2.29. The fourth-order valence-corrected chi connectivity index (χ4v) is 3.50. The average Bonchev–Trinajstić information content (AvgIpc) is 2.89. The molecule has 1 aliphatic rings. The van der Waals surface area contributed by atoms with Crippen molar-refractivity contribution in [2.24, 2.45) is 0 Å². The molecule has 2 aromatic rings. The molecule has 2 nitrogen and oxygen atoms in total. The number of thiophene rings is 1. The van der Waals surface area contributed by atoms with Gasteiger partial charge in [-0.05, 0) is 53.0 Å². The molecule has 90 valence electrons. The highest BCUT2D eigenvalue weighted by Crippen LogP contribution is 2.32. The molecular weight excluding hydrogens is 298 g/mol. The lowest BCUT2D eigenvalue weighted by molar-refractivity contribution is 0.227. The maximum absolute atomic E-state index is 5.44. The predicted molar refractivity (Wildman–Crippen MR) is 73.0 cm³/mol. The van der Waals surface area contributed by atoms with Crippen LogP contribution in [0.4, 0.5) is 0 Å². The fourth-order valence-electron chi connectivity index (χ4n) is 1.99. The lowest BCUT2D eigenvalue weighted by Crippen LogP contribution is -2.24. The molecule has 0 aromatic carbocycles. The Hall–Kier alpha value is -0.580. The molecule has 4 heteroatoms. The van der Waals surface area contributed by atoms with Gasteiger partial charge in [0.1, 0.15) is 5.76 Å². The molecule has 0 atom stereocenters. The third-order valence-electron chi connectivity index (χ3n) is 2.99. The van der Waals surface area contributed by atoms with Crippen molar-refractivity contribution in [2.45, 2.75) is 32.0 Å². The van der Waals surface area contributed by atoms with E-state index in [4.69, 9.17) is 4.42 Å². The fraction of sp³-hybridized carbons (Fsp3) is 0.385. The van der Waals surface area contributed by atoms with Gasteiger partial charge in [-0.25, -0.2) is 0 Å². The first-order valence-electron chi connectivity index (χ1n) is 5.82. The van der Waals surface area contributed by atoms with Crippen molar-refractivity contribution in [1.29, 1.82) is 0 Å². The van der Waals surface area contributed by atoms with Gasteiger partial charge in [-0.2, -0.15) is 0 Å². The zero-order chi connectivity index (χ0) is 11.7. The monoisotopic (exact) mass is 311 g/mol. The highest BCUT2D eigenvalue weighted by molar-refractivity contribution is 9.11. The lowest BCUT2D eigenvalue weighted by Gasteiger charge is -2.19. The van der Waals surface area contributed by atoms with Crippen LogP contribution in [-0.4, -0.2) is 10.9 Å². The zero-order valence-electron chi connectivity index (χ0n) is 9.43. The van der Waals surface area contributed by atoms with Crippen LogP contribution in [0.25, 0.3) is 0 Å². The molecule has 2 heterocycles. The maximum Gasteiger partial charge on any atom is 0.117 e. The second-order valence-corrected chi connectivity index (χ2v) is 6.97. The van der Waals surface area contributed by atoms with Crippen molar-refractivity contribution in [3.8, 4) is 0 Å². The van der Waals surface area contributed by atoms with E-state index in [1.807, 2.05) is 17.4 Å². The molecule has 1 aliphatic carbocycles. The van der Waals surface area contributed by atoms with Gasteiger partial charge in [0, 0.05) is 17.5 Å². The topological polar surface area (TPSA) is 16.4 Å². The first-order valence-corrected chi connectivity index (χ1v) is 7.43. The van der Waals surface area contributed by atoms with Gasteiger partial charge in [0.25, 0.3) is 0 Å². The summed E-state index contributed by atoms with van der Waals surface area (Å²) in [5.74, 6) is 1.06. The Morgan fingerprint density at radius 3 is 2.76 bits per heavy atom. The molecular formula is C13H14BrNOS. The molecule has 1 saturated carbocycles. The smallest absolute Gasteiger partial charge is 0.117 e. The van der Waals surface area contributed by atoms with Crippen LogP contribution in [0.2, 0.25) is 0 Å². The SMILES string of the molecule is Brc1ccc(CN(Cc2ccco2)C2CC2)s1. The van der Waals surface area contributed by atoms with E-state index in [1.165, 1.54) is 21.5 Å². The van der Waals surface area contributed by atoms with Crippen molar-refractivity contribution in [1.82, 2.24) is 4.90 Å². The van der Waals surface area contributed by atoms with Crippen LogP contribution < -0.4 is 0 Å². The molecule has 17 heavy (non-hydrogen) atoms. The van der Waals surface area contributed by atoms with Crippen LogP contribution in [0.3, 0.4) is 0 Å². The number of rotatable bonds is 5. The van der Waals surface area contributed by atoms with Gasteiger partial charge in [0.2, 0.25) is 0 Å². The summed E-state index contributed by atoms with van der Waals surface area (Å²) >= 11 is 5.34. The number of hydrogen-bond acceptors (Lipinski definition) is 3. The predicted octanol–water partition coefficient (Wildman–Crippen LogP) is 4.27. The first-order chi connectivity index (χ1) is 8.31. The molecule has 0 spiro atoms. The Bertz CT molecular complexity index is 475. The summed E-state index contributed by atoms with van der Waals surface area (Å²) in [6.45, 7) is 1.95. The van der Waals surface area contributed by atoms with Gasteiger partial charge in [0.15, 0.2) is 0 Å². The molecule has 0 bridgehead atoms. The van der Waals surface area contributed by atoms with E-state index in [-0.39, 0.29) is 0 Å². The Labute approximate surface area is 113 Å². The number of nitrogens with zero attached hydrogens (tertiary/aromatic N) is 1. The minimum absolute atomic E-state index is 0.751. The van der Waals surface area contributed by atoms with Gasteiger partial charge in [0.05, 0.1) is 16.6 Å². The van der Waals surface area contributed by atoms with Crippen molar-refractivity contribution in [3.63, 3.8) is 0 Å². The minimum atomic E-state index is 0.751. The van der Waals surface area contributed by atoms with Crippen molar-refractivity contribution >= 4 is 27.3 Å². The van der Waals surface area contributed by atoms with Gasteiger partial charge < -0.3 is 4.42 Å². The van der Waals surface area contributed by atoms with Crippen LogP contribution in [0.5, 0.6) is 0 Å². The Morgan fingerprint density at radius 2 is 2.18 bits per heavy atom. The van der Waals surface area contributed by atoms with E-state index in [1.54, 1.807) is 6.26 Å². The lowest BCUT2D eigenvalue weighted by atomic mass is 10.3. The average molecular weight is 312 g/mol. The van der Waals surface area contributed by atoms with E-state index in [0.717, 1.165) is 24.9 Å². The third kappa shape index (κ3) is 3.00. The summed E-state index contributed by atoms with van der Waals surface area (Å²) in [4.78, 5) is 3.92. The maximum atomic E-state index is 5.44. The van der Waals surface area contributed by atoms with Crippen LogP contribution in [0.15, 0.2) is 38.7 Å². The van der Waals surface area contributed by atoms with E-state index < -0.39 is 0 Å². The second kappa shape index (κ2) is 4.96. The standard InChI is InChI=1S/C13H14BrNOS/c14-13-6-5-12(17-13)9-15(10-3-4-10)8-11-2-1-7-16-11/h1-2,5-7,10H,3-4,8-9H2. The first kappa shape index (κ1) is 11.5. The Morgan fingerprint density at radius 1 is 1.29 bits per heavy atom. The van der Waals surface area contributed by atoms with Crippen molar-refractivity contribution < 1.29 is 4.42 Å². The molecule has 2 aromatic heterocycles. The normalized spacial score (nSPS) is 15.6. The molecule has 0 unspecified atom stereocenters. The molecule has 0 N–H and O–H groups in total. The van der Waals surface area contributed by atoms with Crippen LogP contribution >= 0.6 is 27.3 Å². The number of hydrogen-bond donors (Lipinski definition) is 0. The molecule has 0 saturated heterocycles. The Balaban J connectivity index is 1.68. The molecule has 0 aliphatic heterocycles. The molecule has 0 radical (unpaired) electrons. The summed E-state index contributed by atoms with van der Waals surface area (Å²) in [6, 6.07) is 9.09. The molecule has 3 rings (SSSR count). The van der Waals surface area contributed by atoms with E-state index in [2.05, 4.69) is 39.0 Å². The number of furan rings is 1.